The number of halogens is 3. The second kappa shape index (κ2) is 11.8. The van der Waals surface area contributed by atoms with Crippen molar-refractivity contribution in [1.82, 2.24) is 0 Å². The van der Waals surface area contributed by atoms with Crippen molar-refractivity contribution in [2.45, 2.75) is 68.3 Å². The molecule has 35 heavy (non-hydrogen) atoms. The van der Waals surface area contributed by atoms with E-state index in [0.29, 0.717) is 5.56 Å². The molecule has 2 aliphatic heterocycles. The van der Waals surface area contributed by atoms with E-state index in [0.717, 1.165) is 0 Å². The van der Waals surface area contributed by atoms with Crippen LogP contribution in [0.25, 0.3) is 0 Å². The monoisotopic (exact) mass is 564 g/mol. The summed E-state index contributed by atoms with van der Waals surface area (Å²) in [6.07, 6.45) is -15.8. The predicted octanol–water partition coefficient (Wildman–Crippen LogP) is -1.03. The van der Waals surface area contributed by atoms with Crippen molar-refractivity contribution >= 4 is 34.8 Å². The standard InChI is InChI=1S/C20H27Cl3O12/c1-5-8(21)17(31-2)10(23)18(9(5)22)35-20-16(30)14(28)12(26)7(34-20)4-32-19-15(29)13(27)11(25)6(3-24)33-19/h6-7,11-16,19-20,24-30H,3-4H2,1-2H3. The van der Waals surface area contributed by atoms with Gasteiger partial charge in [0, 0.05) is 0 Å². The molecule has 12 nitrogen and oxygen atoms in total. The molecular weight excluding hydrogens is 539 g/mol. The third-order valence-electron chi connectivity index (χ3n) is 5.84. The van der Waals surface area contributed by atoms with Gasteiger partial charge in [-0.3, -0.25) is 0 Å². The third kappa shape index (κ3) is 5.60. The zero-order valence-electron chi connectivity index (χ0n) is 18.5. The van der Waals surface area contributed by atoms with Gasteiger partial charge in [-0.25, -0.2) is 0 Å². The maximum absolute atomic E-state index is 10.4. The van der Waals surface area contributed by atoms with Crippen LogP contribution in [0.15, 0.2) is 0 Å². The van der Waals surface area contributed by atoms with Crippen LogP contribution in [0.4, 0.5) is 0 Å². The van der Waals surface area contributed by atoms with Crippen LogP contribution in [0, 0.1) is 6.92 Å². The minimum Gasteiger partial charge on any atom is -0.493 e. The highest BCUT2D eigenvalue weighted by atomic mass is 35.5. The minimum atomic E-state index is -1.76. The van der Waals surface area contributed by atoms with Crippen LogP contribution in [-0.2, 0) is 14.2 Å². The van der Waals surface area contributed by atoms with Crippen molar-refractivity contribution in [3.63, 3.8) is 0 Å². The Morgan fingerprint density at radius 1 is 0.714 bits per heavy atom. The number of aliphatic hydroxyl groups excluding tert-OH is 7. The number of aliphatic hydroxyl groups is 7. The molecule has 1 aromatic rings. The van der Waals surface area contributed by atoms with Gasteiger partial charge in [0.1, 0.15) is 53.9 Å². The first-order valence-electron chi connectivity index (χ1n) is 10.4. The second-order valence-corrected chi connectivity index (χ2v) is 9.23. The first-order chi connectivity index (χ1) is 16.4. The molecule has 0 saturated carbocycles. The van der Waals surface area contributed by atoms with Crippen LogP contribution in [0.3, 0.4) is 0 Å². The van der Waals surface area contributed by atoms with Crippen molar-refractivity contribution in [3.05, 3.63) is 20.6 Å². The van der Waals surface area contributed by atoms with Crippen LogP contribution < -0.4 is 9.47 Å². The Morgan fingerprint density at radius 3 is 1.80 bits per heavy atom. The van der Waals surface area contributed by atoms with Gasteiger partial charge in [0.2, 0.25) is 6.29 Å². The Bertz CT molecular complexity index is 890. The Morgan fingerprint density at radius 2 is 1.23 bits per heavy atom. The van der Waals surface area contributed by atoms with E-state index >= 15 is 0 Å². The molecule has 2 saturated heterocycles. The highest BCUT2D eigenvalue weighted by Crippen LogP contribution is 2.48. The highest BCUT2D eigenvalue weighted by Gasteiger charge is 2.48. The largest absolute Gasteiger partial charge is 0.493 e. The first-order valence-corrected chi connectivity index (χ1v) is 11.6. The van der Waals surface area contributed by atoms with Crippen molar-refractivity contribution in [1.29, 1.82) is 0 Å². The molecule has 0 aromatic heterocycles. The van der Waals surface area contributed by atoms with Crippen LogP contribution in [0.2, 0.25) is 15.1 Å². The Balaban J connectivity index is 1.77. The summed E-state index contributed by atoms with van der Waals surface area (Å²) in [5.74, 6) is -0.105. The third-order valence-corrected chi connectivity index (χ3v) is 7.09. The van der Waals surface area contributed by atoms with E-state index in [2.05, 4.69) is 0 Å². The molecule has 3 rings (SSSR count). The Kier molecular flexibility index (Phi) is 9.71. The average Bonchev–Trinajstić information content (AvgIpc) is 2.84. The summed E-state index contributed by atoms with van der Waals surface area (Å²) in [5, 5.41) is 70.2. The zero-order valence-corrected chi connectivity index (χ0v) is 20.8. The van der Waals surface area contributed by atoms with Crippen LogP contribution in [-0.4, -0.2) is 117 Å². The molecule has 15 heteroatoms. The Hall–Kier alpha value is -0.710. The summed E-state index contributed by atoms with van der Waals surface area (Å²) < 4.78 is 27.0. The lowest BCUT2D eigenvalue weighted by Gasteiger charge is -2.42. The minimum absolute atomic E-state index is 0.00803. The number of hydrogen-bond acceptors (Lipinski definition) is 12. The smallest absolute Gasteiger partial charge is 0.229 e. The van der Waals surface area contributed by atoms with E-state index < -0.39 is 74.6 Å². The van der Waals surface area contributed by atoms with Gasteiger partial charge in [-0.15, -0.1) is 0 Å². The van der Waals surface area contributed by atoms with E-state index in [-0.39, 0.29) is 26.6 Å². The summed E-state index contributed by atoms with van der Waals surface area (Å²) >= 11 is 18.8. The molecule has 1 aromatic carbocycles. The second-order valence-electron chi connectivity index (χ2n) is 8.09. The molecule has 0 amide bonds. The van der Waals surface area contributed by atoms with E-state index in [1.165, 1.54) is 7.11 Å². The van der Waals surface area contributed by atoms with Gasteiger partial charge in [-0.1, -0.05) is 34.8 Å². The number of hydrogen-bond donors (Lipinski definition) is 7. The van der Waals surface area contributed by atoms with Gasteiger partial charge in [0.05, 0.1) is 30.4 Å². The fourth-order valence-electron chi connectivity index (χ4n) is 3.68. The number of methoxy groups -OCH3 is 1. The molecule has 200 valence electrons. The van der Waals surface area contributed by atoms with Crippen molar-refractivity contribution in [2.75, 3.05) is 20.3 Å². The fourth-order valence-corrected chi connectivity index (χ4v) is 4.63. The number of rotatable bonds is 7. The Labute approximate surface area is 215 Å². The van der Waals surface area contributed by atoms with Crippen LogP contribution in [0.1, 0.15) is 5.56 Å². The van der Waals surface area contributed by atoms with Gasteiger partial charge in [-0.2, -0.15) is 0 Å². The molecule has 0 bridgehead atoms. The number of benzene rings is 1. The lowest BCUT2D eigenvalue weighted by atomic mass is 9.98. The average molecular weight is 566 g/mol. The predicted molar refractivity (Wildman–Crippen MR) is 120 cm³/mol. The normalized spacial score (nSPS) is 37.8. The fraction of sp³-hybridized carbons (Fsp3) is 0.700. The molecule has 10 atom stereocenters. The first kappa shape index (κ1) is 28.9. The molecule has 2 fully saturated rings. The SMILES string of the molecule is COc1c(Cl)c(C)c(Cl)c(OC2OC(COC3OC(CO)C(O)C(O)C3O)C(O)C(O)C2O)c1Cl. The molecular formula is C20H27Cl3O12. The molecule has 7 N–H and O–H groups in total. The van der Waals surface area contributed by atoms with Crippen LogP contribution in [0.5, 0.6) is 11.5 Å². The van der Waals surface area contributed by atoms with Gasteiger partial charge in [0.25, 0.3) is 0 Å². The van der Waals surface area contributed by atoms with E-state index in [1.54, 1.807) is 6.92 Å². The molecule has 2 heterocycles. The molecule has 0 radical (unpaired) electrons. The van der Waals surface area contributed by atoms with E-state index in [1.807, 2.05) is 0 Å². The molecule has 10 unspecified atom stereocenters. The van der Waals surface area contributed by atoms with Crippen molar-refractivity contribution in [3.8, 4) is 11.5 Å². The number of ether oxygens (including phenoxy) is 5. The summed E-state index contributed by atoms with van der Waals surface area (Å²) in [5.41, 5.74) is 0.359. The van der Waals surface area contributed by atoms with Crippen molar-refractivity contribution < 1.29 is 59.4 Å². The lowest BCUT2D eigenvalue weighted by Crippen LogP contribution is -2.62. The summed E-state index contributed by atoms with van der Waals surface area (Å²) in [7, 11) is 1.32. The molecule has 2 aliphatic rings. The lowest BCUT2D eigenvalue weighted by molar-refractivity contribution is -0.323. The maximum atomic E-state index is 10.4. The van der Waals surface area contributed by atoms with Gasteiger partial charge in [-0.05, 0) is 12.5 Å². The van der Waals surface area contributed by atoms with Crippen molar-refractivity contribution in [2.24, 2.45) is 0 Å². The quantitative estimate of drug-likeness (QED) is 0.213. The highest BCUT2D eigenvalue weighted by molar-refractivity contribution is 6.43. The summed E-state index contributed by atoms with van der Waals surface area (Å²) in [6, 6.07) is 0. The van der Waals surface area contributed by atoms with Gasteiger partial charge in [0.15, 0.2) is 17.8 Å². The zero-order chi connectivity index (χ0) is 26.2. The maximum Gasteiger partial charge on any atom is 0.229 e. The van der Waals surface area contributed by atoms with E-state index in [4.69, 9.17) is 58.5 Å². The van der Waals surface area contributed by atoms with Gasteiger partial charge < -0.3 is 59.4 Å². The van der Waals surface area contributed by atoms with E-state index in [9.17, 15) is 35.7 Å². The topological polar surface area (TPSA) is 188 Å². The summed E-state index contributed by atoms with van der Waals surface area (Å²) in [4.78, 5) is 0. The summed E-state index contributed by atoms with van der Waals surface area (Å²) in [6.45, 7) is 0.377. The molecule has 0 spiro atoms. The molecule has 0 aliphatic carbocycles. The van der Waals surface area contributed by atoms with Crippen LogP contribution >= 0.6 is 34.8 Å². The van der Waals surface area contributed by atoms with Gasteiger partial charge >= 0.3 is 0 Å².